The minimum absolute atomic E-state index is 0.275. The average Bonchev–Trinajstić information content (AvgIpc) is 2.92. The predicted molar refractivity (Wildman–Crippen MR) is 148 cm³/mol. The van der Waals surface area contributed by atoms with Crippen molar-refractivity contribution in [3.05, 3.63) is 141 Å². The van der Waals surface area contributed by atoms with Crippen molar-refractivity contribution in [1.82, 2.24) is 4.67 Å². The van der Waals surface area contributed by atoms with E-state index < -0.39 is 18.6 Å². The summed E-state index contributed by atoms with van der Waals surface area (Å²) in [7, 11) is -3.99. The molecular formula is C29H25INO3P. The molecule has 0 N–H and O–H groups in total. The predicted octanol–water partition coefficient (Wildman–Crippen LogP) is 7.34. The van der Waals surface area contributed by atoms with Crippen molar-refractivity contribution in [2.75, 3.05) is 13.2 Å². The highest BCUT2D eigenvalue weighted by molar-refractivity contribution is 14.1. The number of rotatable bonds is 6. The Morgan fingerprint density at radius 3 is 1.69 bits per heavy atom. The van der Waals surface area contributed by atoms with Gasteiger partial charge in [0.2, 0.25) is 0 Å². The van der Waals surface area contributed by atoms with Gasteiger partial charge in [-0.1, -0.05) is 103 Å². The number of nitrogens with zero attached hydrogens (tertiary/aromatic N) is 1. The van der Waals surface area contributed by atoms with Crippen LogP contribution in [0, 0.1) is 3.57 Å². The van der Waals surface area contributed by atoms with Gasteiger partial charge in [0.15, 0.2) is 0 Å². The summed E-state index contributed by atoms with van der Waals surface area (Å²) in [6, 6.07) is 37.3. The summed E-state index contributed by atoms with van der Waals surface area (Å²) in [5.41, 5.74) is 1.76. The quantitative estimate of drug-likeness (QED) is 0.133. The van der Waals surface area contributed by atoms with E-state index in [0.717, 1.165) is 20.3 Å². The fourth-order valence-electron chi connectivity index (χ4n) is 4.91. The number of hydrogen-bond donors (Lipinski definition) is 0. The lowest BCUT2D eigenvalue weighted by Crippen LogP contribution is -2.49. The van der Waals surface area contributed by atoms with Gasteiger partial charge in [-0.3, -0.25) is 9.36 Å². The van der Waals surface area contributed by atoms with Crippen molar-refractivity contribution in [1.29, 1.82) is 0 Å². The maximum atomic E-state index is 14.9. The molecule has 1 unspecified atom stereocenters. The molecule has 0 bridgehead atoms. The molecule has 1 heterocycles. The molecule has 1 fully saturated rings. The molecule has 1 atom stereocenters. The van der Waals surface area contributed by atoms with Crippen LogP contribution in [0.5, 0.6) is 0 Å². The van der Waals surface area contributed by atoms with Crippen LogP contribution in [0.4, 0.5) is 0 Å². The highest BCUT2D eigenvalue weighted by atomic mass is 127. The van der Waals surface area contributed by atoms with E-state index in [4.69, 9.17) is 4.52 Å². The zero-order chi connectivity index (χ0) is 24.3. The Hall–Kier alpha value is -2.57. The topological polar surface area (TPSA) is 46.6 Å². The van der Waals surface area contributed by atoms with Gasteiger partial charge in [0.05, 0.1) is 6.61 Å². The molecule has 6 heteroatoms. The maximum Gasteiger partial charge on any atom is 0.343 e. The van der Waals surface area contributed by atoms with Crippen LogP contribution in [0.15, 0.2) is 115 Å². The van der Waals surface area contributed by atoms with Crippen molar-refractivity contribution in [2.45, 2.75) is 12.0 Å². The Labute approximate surface area is 219 Å². The van der Waals surface area contributed by atoms with Gasteiger partial charge in [-0.2, -0.15) is 0 Å². The first-order valence-electron chi connectivity index (χ1n) is 11.6. The standard InChI is InChI=1S/C29H25INO3P/c30-27-20-11-10-19-26(27)28(32)35(33)31(21-12-22-34-35)29(23-13-4-1-5-14-23,24-15-6-2-7-16-24)25-17-8-3-9-18-25/h1-11,13-20H,12,21-22H2. The molecule has 5 rings (SSSR count). The largest absolute Gasteiger partial charge is 0.343 e. The van der Waals surface area contributed by atoms with Crippen molar-refractivity contribution >= 4 is 35.6 Å². The van der Waals surface area contributed by atoms with Gasteiger partial charge in [0.1, 0.15) is 5.54 Å². The van der Waals surface area contributed by atoms with E-state index in [1.807, 2.05) is 108 Å². The third-order valence-corrected chi connectivity index (χ3v) is 9.78. The number of benzene rings is 4. The van der Waals surface area contributed by atoms with Gasteiger partial charge in [-0.05, 0) is 57.8 Å². The van der Waals surface area contributed by atoms with Gasteiger partial charge < -0.3 is 4.52 Å². The summed E-state index contributed by atoms with van der Waals surface area (Å²) in [6.07, 6.45) is 0.664. The minimum atomic E-state index is -3.99. The van der Waals surface area contributed by atoms with Crippen LogP contribution in [0.25, 0.3) is 0 Å². The molecule has 1 aliphatic heterocycles. The van der Waals surface area contributed by atoms with Crippen molar-refractivity contribution in [2.24, 2.45) is 0 Å². The van der Waals surface area contributed by atoms with Crippen LogP contribution in [-0.4, -0.2) is 23.3 Å². The molecule has 1 aliphatic rings. The lowest BCUT2D eigenvalue weighted by Gasteiger charge is -2.49. The first-order chi connectivity index (χ1) is 17.1. The second-order valence-corrected chi connectivity index (χ2v) is 11.8. The molecular weight excluding hydrogens is 568 g/mol. The van der Waals surface area contributed by atoms with Crippen LogP contribution < -0.4 is 0 Å². The summed E-state index contributed by atoms with van der Waals surface area (Å²) >= 11 is 2.13. The van der Waals surface area contributed by atoms with E-state index >= 15 is 0 Å². The first-order valence-corrected chi connectivity index (χ1v) is 14.2. The minimum Gasteiger partial charge on any atom is -0.312 e. The number of carbonyl (C=O) groups excluding carboxylic acids is 1. The van der Waals surface area contributed by atoms with E-state index in [0.29, 0.717) is 18.5 Å². The van der Waals surface area contributed by atoms with Crippen LogP contribution in [0.3, 0.4) is 0 Å². The van der Waals surface area contributed by atoms with E-state index in [1.165, 1.54) is 0 Å². The molecule has 4 aromatic carbocycles. The van der Waals surface area contributed by atoms with E-state index in [1.54, 1.807) is 12.1 Å². The number of halogens is 1. The fraction of sp³-hybridized carbons (Fsp3) is 0.138. The zero-order valence-corrected chi connectivity index (χ0v) is 22.1. The molecule has 4 aromatic rings. The van der Waals surface area contributed by atoms with E-state index in [2.05, 4.69) is 22.6 Å². The molecule has 0 saturated carbocycles. The Kier molecular flexibility index (Phi) is 7.03. The van der Waals surface area contributed by atoms with Crippen LogP contribution in [0.1, 0.15) is 33.5 Å². The Bertz CT molecular complexity index is 1270. The lowest BCUT2D eigenvalue weighted by molar-refractivity contribution is 0.0966. The summed E-state index contributed by atoms with van der Waals surface area (Å²) in [6.45, 7) is 0.725. The molecule has 1 saturated heterocycles. The van der Waals surface area contributed by atoms with Crippen LogP contribution in [0.2, 0.25) is 0 Å². The smallest absolute Gasteiger partial charge is 0.312 e. The lowest BCUT2D eigenvalue weighted by atomic mass is 9.77. The van der Waals surface area contributed by atoms with Gasteiger partial charge >= 0.3 is 7.52 Å². The Morgan fingerprint density at radius 1 is 0.743 bits per heavy atom. The van der Waals surface area contributed by atoms with Crippen molar-refractivity contribution in [3.8, 4) is 0 Å². The molecule has 0 aromatic heterocycles. The second kappa shape index (κ2) is 10.2. The Morgan fingerprint density at radius 2 is 1.20 bits per heavy atom. The summed E-state index contributed by atoms with van der Waals surface area (Å²) in [4.78, 5) is 14.1. The third kappa shape index (κ3) is 4.21. The van der Waals surface area contributed by atoms with Crippen LogP contribution in [-0.2, 0) is 14.6 Å². The summed E-state index contributed by atoms with van der Waals surface area (Å²) < 4.78 is 23.6. The molecule has 4 nitrogen and oxygen atoms in total. The summed E-state index contributed by atoms with van der Waals surface area (Å²) in [5, 5.41) is 0. The van der Waals surface area contributed by atoms with Gasteiger partial charge in [0, 0.05) is 15.7 Å². The maximum absolute atomic E-state index is 14.9. The van der Waals surface area contributed by atoms with Gasteiger partial charge in [-0.15, -0.1) is 0 Å². The monoisotopic (exact) mass is 593 g/mol. The highest BCUT2D eigenvalue weighted by Crippen LogP contribution is 2.63. The number of carbonyl (C=O) groups is 1. The van der Waals surface area contributed by atoms with E-state index in [9.17, 15) is 9.36 Å². The van der Waals surface area contributed by atoms with Crippen LogP contribution >= 0.6 is 30.1 Å². The molecule has 0 radical (unpaired) electrons. The Balaban J connectivity index is 1.83. The van der Waals surface area contributed by atoms with Crippen molar-refractivity contribution in [3.63, 3.8) is 0 Å². The molecule has 0 amide bonds. The van der Waals surface area contributed by atoms with Gasteiger partial charge in [0.25, 0.3) is 5.52 Å². The van der Waals surface area contributed by atoms with Gasteiger partial charge in [-0.25, -0.2) is 4.67 Å². The molecule has 0 spiro atoms. The summed E-state index contributed by atoms with van der Waals surface area (Å²) in [5.74, 6) is 0. The average molecular weight is 593 g/mol. The second-order valence-electron chi connectivity index (χ2n) is 8.42. The SMILES string of the molecule is O=C(c1ccccc1I)P1(=O)OCCCN1C(c1ccccc1)(c1ccccc1)c1ccccc1. The van der Waals surface area contributed by atoms with E-state index in [-0.39, 0.29) is 6.61 Å². The van der Waals surface area contributed by atoms with Crippen molar-refractivity contribution < 1.29 is 13.9 Å². The molecule has 35 heavy (non-hydrogen) atoms. The zero-order valence-electron chi connectivity index (χ0n) is 19.1. The fourth-order valence-corrected chi connectivity index (χ4v) is 8.25. The normalized spacial score (nSPS) is 18.8. The molecule has 176 valence electrons. The third-order valence-electron chi connectivity index (χ3n) is 6.42. The first kappa shape index (κ1) is 24.1. The highest BCUT2D eigenvalue weighted by Gasteiger charge is 2.55. The molecule has 0 aliphatic carbocycles. The number of hydrogen-bond acceptors (Lipinski definition) is 3.